The van der Waals surface area contributed by atoms with Crippen molar-refractivity contribution in [3.8, 4) is 11.3 Å². The summed E-state index contributed by atoms with van der Waals surface area (Å²) in [4.78, 5) is 32.4. The smallest absolute Gasteiger partial charge is 0.339 e. The number of para-hydroxylation sites is 1. The van der Waals surface area contributed by atoms with Crippen LogP contribution in [0.15, 0.2) is 83.3 Å². The molecule has 0 aliphatic carbocycles. The molecule has 8 heteroatoms. The summed E-state index contributed by atoms with van der Waals surface area (Å²) in [6, 6.07) is 24.4. The summed E-state index contributed by atoms with van der Waals surface area (Å²) >= 11 is 3.44. The van der Waals surface area contributed by atoms with E-state index in [-0.39, 0.29) is 0 Å². The number of esters is 1. The fraction of sp³-hybridized carbons (Fsp3) is 0.179. The Morgan fingerprint density at radius 1 is 0.972 bits per heavy atom. The number of ether oxygens (including phenoxy) is 2. The van der Waals surface area contributed by atoms with E-state index in [0.29, 0.717) is 41.1 Å². The van der Waals surface area contributed by atoms with Crippen molar-refractivity contribution in [2.75, 3.05) is 43.1 Å². The number of hydrogen-bond acceptors (Lipinski definition) is 6. The van der Waals surface area contributed by atoms with Crippen molar-refractivity contribution in [2.45, 2.75) is 0 Å². The molecule has 0 spiro atoms. The van der Waals surface area contributed by atoms with Crippen molar-refractivity contribution < 1.29 is 19.1 Å². The van der Waals surface area contributed by atoms with E-state index in [1.165, 1.54) is 0 Å². The number of anilines is 2. The number of rotatable bonds is 6. The number of amides is 1. The van der Waals surface area contributed by atoms with E-state index >= 15 is 0 Å². The second-order valence-electron chi connectivity index (χ2n) is 8.35. The van der Waals surface area contributed by atoms with Crippen LogP contribution < -0.4 is 10.2 Å². The highest BCUT2D eigenvalue weighted by molar-refractivity contribution is 9.10. The number of fused-ring (bicyclic) bond motifs is 1. The number of nitrogens with one attached hydrogen (secondary N) is 1. The highest BCUT2D eigenvalue weighted by Crippen LogP contribution is 2.26. The van der Waals surface area contributed by atoms with Gasteiger partial charge in [-0.25, -0.2) is 9.78 Å². The van der Waals surface area contributed by atoms with Gasteiger partial charge in [0.2, 0.25) is 0 Å². The fourth-order valence-corrected chi connectivity index (χ4v) is 4.36. The Labute approximate surface area is 217 Å². The molecule has 1 N–H and O–H groups in total. The third-order valence-corrected chi connectivity index (χ3v) is 6.47. The lowest BCUT2D eigenvalue weighted by atomic mass is 10.0. The lowest BCUT2D eigenvalue weighted by Crippen LogP contribution is -2.36. The number of carbonyl (C=O) groups excluding carboxylic acids is 2. The van der Waals surface area contributed by atoms with Crippen molar-refractivity contribution in [2.24, 2.45) is 0 Å². The third-order valence-electron chi connectivity index (χ3n) is 5.94. The zero-order valence-corrected chi connectivity index (χ0v) is 21.0. The molecule has 1 aliphatic rings. The molecule has 4 aromatic rings. The Morgan fingerprint density at radius 3 is 2.44 bits per heavy atom. The molecule has 1 saturated heterocycles. The van der Waals surface area contributed by atoms with E-state index in [9.17, 15) is 9.59 Å². The van der Waals surface area contributed by atoms with Crippen LogP contribution in [0.5, 0.6) is 0 Å². The molecule has 5 rings (SSSR count). The van der Waals surface area contributed by atoms with Gasteiger partial charge < -0.3 is 19.7 Å². The number of halogens is 1. The van der Waals surface area contributed by atoms with Crippen LogP contribution >= 0.6 is 15.9 Å². The highest BCUT2D eigenvalue weighted by atomic mass is 79.9. The maximum absolute atomic E-state index is 13.0. The molecule has 1 fully saturated rings. The van der Waals surface area contributed by atoms with Crippen LogP contribution in [-0.2, 0) is 14.3 Å². The minimum absolute atomic E-state index is 0.362. The molecule has 0 radical (unpaired) electrons. The Balaban J connectivity index is 1.26. The van der Waals surface area contributed by atoms with Crippen LogP contribution in [0.1, 0.15) is 10.4 Å². The average molecular weight is 546 g/mol. The van der Waals surface area contributed by atoms with Crippen molar-refractivity contribution in [1.29, 1.82) is 0 Å². The number of aromatic nitrogens is 1. The van der Waals surface area contributed by atoms with Gasteiger partial charge in [0.1, 0.15) is 0 Å². The molecule has 1 amide bonds. The van der Waals surface area contributed by atoms with E-state index < -0.39 is 18.5 Å². The standard InChI is InChI=1S/C28H24BrN3O4/c29-20-7-5-19(6-8-20)26-17-24(23-3-1-2-4-25(23)31-26)28(34)36-18-27(33)30-21-9-11-22(12-10-21)32-13-15-35-16-14-32/h1-12,17H,13-16,18H2,(H,30,33). The summed E-state index contributed by atoms with van der Waals surface area (Å²) in [5, 5.41) is 3.45. The minimum atomic E-state index is -0.579. The number of nitrogens with zero attached hydrogens (tertiary/aromatic N) is 2. The van der Waals surface area contributed by atoms with Gasteiger partial charge in [0.05, 0.1) is 30.0 Å². The van der Waals surface area contributed by atoms with Crippen molar-refractivity contribution in [3.63, 3.8) is 0 Å². The second-order valence-corrected chi connectivity index (χ2v) is 9.27. The first-order chi connectivity index (χ1) is 17.6. The predicted molar refractivity (Wildman–Crippen MR) is 143 cm³/mol. The van der Waals surface area contributed by atoms with Crippen LogP contribution in [-0.4, -0.2) is 49.8 Å². The van der Waals surface area contributed by atoms with Gasteiger partial charge in [-0.05, 0) is 48.5 Å². The molecule has 0 atom stereocenters. The Bertz CT molecular complexity index is 1380. The van der Waals surface area contributed by atoms with E-state index in [0.717, 1.165) is 28.8 Å². The summed E-state index contributed by atoms with van der Waals surface area (Å²) in [7, 11) is 0. The first-order valence-corrected chi connectivity index (χ1v) is 12.4. The van der Waals surface area contributed by atoms with Gasteiger partial charge in [-0.1, -0.05) is 46.3 Å². The van der Waals surface area contributed by atoms with Crippen LogP contribution in [0.3, 0.4) is 0 Å². The van der Waals surface area contributed by atoms with Crippen molar-refractivity contribution >= 4 is 50.1 Å². The molecule has 0 bridgehead atoms. The van der Waals surface area contributed by atoms with Gasteiger partial charge in [-0.3, -0.25) is 4.79 Å². The van der Waals surface area contributed by atoms with Crippen LogP contribution in [0, 0.1) is 0 Å². The van der Waals surface area contributed by atoms with Crippen LogP contribution in [0.25, 0.3) is 22.2 Å². The van der Waals surface area contributed by atoms with Gasteiger partial charge in [0.15, 0.2) is 6.61 Å². The maximum Gasteiger partial charge on any atom is 0.339 e. The normalized spacial score (nSPS) is 13.4. The maximum atomic E-state index is 13.0. The summed E-state index contributed by atoms with van der Waals surface area (Å²) in [5.74, 6) is -0.987. The number of morpholine rings is 1. The van der Waals surface area contributed by atoms with Crippen LogP contribution in [0.2, 0.25) is 0 Å². The van der Waals surface area contributed by atoms with Gasteiger partial charge in [-0.15, -0.1) is 0 Å². The highest BCUT2D eigenvalue weighted by Gasteiger charge is 2.17. The number of pyridine rings is 1. The SMILES string of the molecule is O=C(COC(=O)c1cc(-c2ccc(Br)cc2)nc2ccccc12)Nc1ccc(N2CCOCC2)cc1. The van der Waals surface area contributed by atoms with E-state index in [4.69, 9.17) is 14.5 Å². The molecule has 1 aromatic heterocycles. The molecule has 7 nitrogen and oxygen atoms in total. The van der Waals surface area contributed by atoms with Gasteiger partial charge in [0.25, 0.3) is 5.91 Å². The zero-order valence-electron chi connectivity index (χ0n) is 19.4. The van der Waals surface area contributed by atoms with E-state index in [1.807, 2.05) is 72.8 Å². The second kappa shape index (κ2) is 10.9. The summed E-state index contributed by atoms with van der Waals surface area (Å²) in [6.45, 7) is 2.71. The molecule has 182 valence electrons. The quantitative estimate of drug-likeness (QED) is 0.331. The lowest BCUT2D eigenvalue weighted by molar-refractivity contribution is -0.119. The zero-order chi connectivity index (χ0) is 24.9. The monoisotopic (exact) mass is 545 g/mol. The van der Waals surface area contributed by atoms with Gasteiger partial charge >= 0.3 is 5.97 Å². The molecule has 3 aromatic carbocycles. The molecule has 0 unspecified atom stereocenters. The summed E-state index contributed by atoms with van der Waals surface area (Å²) in [5.41, 5.74) is 4.28. The average Bonchev–Trinajstić information content (AvgIpc) is 2.92. The summed E-state index contributed by atoms with van der Waals surface area (Å²) in [6.07, 6.45) is 0. The van der Waals surface area contributed by atoms with Crippen molar-refractivity contribution in [3.05, 3.63) is 88.9 Å². The van der Waals surface area contributed by atoms with Crippen molar-refractivity contribution in [1.82, 2.24) is 4.98 Å². The third kappa shape index (κ3) is 5.56. The molecule has 36 heavy (non-hydrogen) atoms. The number of benzene rings is 3. The Morgan fingerprint density at radius 2 is 1.69 bits per heavy atom. The largest absolute Gasteiger partial charge is 0.452 e. The topological polar surface area (TPSA) is 80.8 Å². The van der Waals surface area contributed by atoms with Gasteiger partial charge in [0, 0.05) is 39.9 Å². The Kier molecular flexibility index (Phi) is 7.25. The Hall–Kier alpha value is -3.75. The lowest BCUT2D eigenvalue weighted by Gasteiger charge is -2.28. The minimum Gasteiger partial charge on any atom is -0.452 e. The molecule has 2 heterocycles. The number of hydrogen-bond donors (Lipinski definition) is 1. The molecular formula is C28H24BrN3O4. The molecular weight excluding hydrogens is 522 g/mol. The first kappa shape index (κ1) is 24.0. The number of carbonyl (C=O) groups is 2. The fourth-order valence-electron chi connectivity index (χ4n) is 4.10. The predicted octanol–water partition coefficient (Wildman–Crippen LogP) is 5.30. The van der Waals surface area contributed by atoms with E-state index in [1.54, 1.807) is 6.07 Å². The molecule has 1 aliphatic heterocycles. The van der Waals surface area contributed by atoms with Crippen LogP contribution in [0.4, 0.5) is 11.4 Å². The van der Waals surface area contributed by atoms with Gasteiger partial charge in [-0.2, -0.15) is 0 Å². The van der Waals surface area contributed by atoms with E-state index in [2.05, 4.69) is 26.1 Å². The molecule has 0 saturated carbocycles. The summed E-state index contributed by atoms with van der Waals surface area (Å²) < 4.78 is 11.7. The first-order valence-electron chi connectivity index (χ1n) is 11.6.